The van der Waals surface area contributed by atoms with Gasteiger partial charge in [-0.25, -0.2) is 4.98 Å². The highest BCUT2D eigenvalue weighted by molar-refractivity contribution is 9.10. The molecular formula is C15H11BrCl2N2. The third kappa shape index (κ3) is 2.24. The summed E-state index contributed by atoms with van der Waals surface area (Å²) in [5, 5.41) is 0.636. The van der Waals surface area contributed by atoms with Gasteiger partial charge in [-0.2, -0.15) is 0 Å². The summed E-state index contributed by atoms with van der Waals surface area (Å²) in [5.41, 5.74) is 3.93. The smallest absolute Gasteiger partial charge is 0.129 e. The minimum atomic E-state index is 0.325. The Labute approximate surface area is 135 Å². The number of alkyl halides is 1. The SMILES string of the molecule is Cc1ccc(Br)c(-n2c(CCl)nc3c(Cl)cccc32)c1. The highest BCUT2D eigenvalue weighted by atomic mass is 79.9. The van der Waals surface area contributed by atoms with Gasteiger partial charge in [0, 0.05) is 4.47 Å². The van der Waals surface area contributed by atoms with Crippen LogP contribution < -0.4 is 0 Å². The Morgan fingerprint density at radius 1 is 1.25 bits per heavy atom. The maximum Gasteiger partial charge on any atom is 0.129 e. The molecular weight excluding hydrogens is 359 g/mol. The second-order valence-electron chi connectivity index (χ2n) is 4.56. The third-order valence-electron chi connectivity index (χ3n) is 3.17. The van der Waals surface area contributed by atoms with Gasteiger partial charge < -0.3 is 0 Å². The number of halogens is 3. The van der Waals surface area contributed by atoms with Crippen LogP contribution >= 0.6 is 39.1 Å². The third-order valence-corrected chi connectivity index (χ3v) is 4.38. The zero-order valence-electron chi connectivity index (χ0n) is 10.7. The van der Waals surface area contributed by atoms with Crippen molar-refractivity contribution in [2.24, 2.45) is 0 Å². The molecule has 0 aliphatic heterocycles. The number of fused-ring (bicyclic) bond motifs is 1. The molecule has 0 bridgehead atoms. The fraction of sp³-hybridized carbons (Fsp3) is 0.133. The Morgan fingerprint density at radius 2 is 2.05 bits per heavy atom. The topological polar surface area (TPSA) is 17.8 Å². The molecule has 0 spiro atoms. The normalized spacial score (nSPS) is 11.2. The fourth-order valence-corrected chi connectivity index (χ4v) is 3.08. The molecule has 0 aliphatic rings. The summed E-state index contributed by atoms with van der Waals surface area (Å²) in [4.78, 5) is 4.56. The molecule has 20 heavy (non-hydrogen) atoms. The largest absolute Gasteiger partial charge is 0.294 e. The van der Waals surface area contributed by atoms with Crippen molar-refractivity contribution in [1.29, 1.82) is 0 Å². The Morgan fingerprint density at radius 3 is 2.80 bits per heavy atom. The molecule has 3 aromatic rings. The molecule has 0 radical (unpaired) electrons. The number of imidazole rings is 1. The van der Waals surface area contributed by atoms with Crippen LogP contribution in [-0.2, 0) is 5.88 Å². The first-order valence-corrected chi connectivity index (χ1v) is 7.80. The van der Waals surface area contributed by atoms with E-state index in [1.165, 1.54) is 5.56 Å². The Bertz CT molecular complexity index is 796. The van der Waals surface area contributed by atoms with Gasteiger partial charge in [-0.05, 0) is 52.7 Å². The van der Waals surface area contributed by atoms with E-state index >= 15 is 0 Å². The lowest BCUT2D eigenvalue weighted by atomic mass is 10.2. The van der Waals surface area contributed by atoms with Crippen LogP contribution in [0.2, 0.25) is 5.02 Å². The first kappa shape index (κ1) is 13.9. The molecule has 102 valence electrons. The van der Waals surface area contributed by atoms with Gasteiger partial charge >= 0.3 is 0 Å². The minimum absolute atomic E-state index is 0.325. The van der Waals surface area contributed by atoms with Crippen molar-refractivity contribution >= 4 is 50.2 Å². The van der Waals surface area contributed by atoms with Crippen molar-refractivity contribution in [3.8, 4) is 5.69 Å². The predicted molar refractivity (Wildman–Crippen MR) is 88.1 cm³/mol. The van der Waals surface area contributed by atoms with E-state index in [2.05, 4.69) is 40.0 Å². The van der Waals surface area contributed by atoms with E-state index in [0.29, 0.717) is 10.9 Å². The van der Waals surface area contributed by atoms with E-state index < -0.39 is 0 Å². The van der Waals surface area contributed by atoms with Crippen LogP contribution in [0.5, 0.6) is 0 Å². The van der Waals surface area contributed by atoms with Crippen molar-refractivity contribution in [3.63, 3.8) is 0 Å². The Balaban J connectivity index is 2.40. The zero-order chi connectivity index (χ0) is 14.3. The standard InChI is InChI=1S/C15H11BrCl2N2/c1-9-5-6-10(16)13(7-9)20-12-4-2-3-11(18)15(12)19-14(20)8-17/h2-7H,8H2,1H3. The molecule has 1 aromatic heterocycles. The van der Waals surface area contributed by atoms with Crippen LogP contribution in [0.1, 0.15) is 11.4 Å². The first-order valence-electron chi connectivity index (χ1n) is 6.10. The predicted octanol–water partition coefficient (Wildman–Crippen LogP) is 5.49. The van der Waals surface area contributed by atoms with Gasteiger partial charge in [0.15, 0.2) is 0 Å². The molecule has 0 atom stereocenters. The highest BCUT2D eigenvalue weighted by Gasteiger charge is 2.15. The first-order chi connectivity index (χ1) is 9.61. The monoisotopic (exact) mass is 368 g/mol. The van der Waals surface area contributed by atoms with Gasteiger partial charge in [-0.15, -0.1) is 11.6 Å². The second kappa shape index (κ2) is 5.40. The molecule has 0 amide bonds. The quantitative estimate of drug-likeness (QED) is 0.546. The van der Waals surface area contributed by atoms with E-state index in [0.717, 1.165) is 27.0 Å². The Kier molecular flexibility index (Phi) is 3.76. The second-order valence-corrected chi connectivity index (χ2v) is 6.09. The minimum Gasteiger partial charge on any atom is -0.294 e. The molecule has 2 aromatic carbocycles. The maximum absolute atomic E-state index is 6.23. The van der Waals surface area contributed by atoms with Gasteiger partial charge in [0.1, 0.15) is 11.3 Å². The number of aromatic nitrogens is 2. The number of nitrogens with zero attached hydrogens (tertiary/aromatic N) is 2. The van der Waals surface area contributed by atoms with Crippen LogP contribution in [-0.4, -0.2) is 9.55 Å². The van der Waals surface area contributed by atoms with Gasteiger partial charge in [-0.1, -0.05) is 23.7 Å². The van der Waals surface area contributed by atoms with E-state index in [4.69, 9.17) is 23.2 Å². The average Bonchev–Trinajstić information content (AvgIpc) is 2.81. The van der Waals surface area contributed by atoms with Crippen molar-refractivity contribution in [2.75, 3.05) is 0 Å². The molecule has 5 heteroatoms. The van der Waals surface area contributed by atoms with Crippen LogP contribution in [0.4, 0.5) is 0 Å². The molecule has 3 rings (SSSR count). The summed E-state index contributed by atoms with van der Waals surface area (Å²) in [6.45, 7) is 2.06. The molecule has 0 unspecified atom stereocenters. The van der Waals surface area contributed by atoms with E-state index in [9.17, 15) is 0 Å². The van der Waals surface area contributed by atoms with Gasteiger partial charge in [0.2, 0.25) is 0 Å². The van der Waals surface area contributed by atoms with E-state index in [1.807, 2.05) is 28.8 Å². The lowest BCUT2D eigenvalue weighted by Gasteiger charge is -2.11. The zero-order valence-corrected chi connectivity index (χ0v) is 13.8. The summed E-state index contributed by atoms with van der Waals surface area (Å²) >= 11 is 15.9. The van der Waals surface area contributed by atoms with Crippen LogP contribution in [0.25, 0.3) is 16.7 Å². The molecule has 2 nitrogen and oxygen atoms in total. The molecule has 0 saturated carbocycles. The van der Waals surface area contributed by atoms with Crippen molar-refractivity contribution in [1.82, 2.24) is 9.55 Å². The molecule has 0 aliphatic carbocycles. The number of aryl methyl sites for hydroxylation is 1. The van der Waals surface area contributed by atoms with Crippen molar-refractivity contribution in [2.45, 2.75) is 12.8 Å². The maximum atomic E-state index is 6.23. The van der Waals surface area contributed by atoms with E-state index in [-0.39, 0.29) is 0 Å². The summed E-state index contributed by atoms with van der Waals surface area (Å²) in [5.74, 6) is 1.10. The summed E-state index contributed by atoms with van der Waals surface area (Å²) in [6, 6.07) is 11.9. The number of hydrogen-bond acceptors (Lipinski definition) is 1. The average molecular weight is 370 g/mol. The summed E-state index contributed by atoms with van der Waals surface area (Å²) in [7, 11) is 0. The molecule has 0 fully saturated rings. The van der Waals surface area contributed by atoms with Gasteiger partial charge in [0.05, 0.1) is 22.1 Å². The molecule has 1 heterocycles. The molecule has 0 saturated heterocycles. The molecule has 0 N–H and O–H groups in total. The number of para-hydroxylation sites is 1. The van der Waals surface area contributed by atoms with E-state index in [1.54, 1.807) is 0 Å². The fourth-order valence-electron chi connectivity index (χ4n) is 2.27. The number of rotatable bonds is 2. The summed E-state index contributed by atoms with van der Waals surface area (Å²) < 4.78 is 3.04. The number of hydrogen-bond donors (Lipinski definition) is 0. The van der Waals surface area contributed by atoms with Crippen LogP contribution in [0.3, 0.4) is 0 Å². The number of benzene rings is 2. The van der Waals surface area contributed by atoms with Crippen LogP contribution in [0, 0.1) is 6.92 Å². The van der Waals surface area contributed by atoms with Gasteiger partial charge in [-0.3, -0.25) is 4.57 Å². The lowest BCUT2D eigenvalue weighted by Crippen LogP contribution is -2.00. The van der Waals surface area contributed by atoms with Crippen molar-refractivity contribution in [3.05, 3.63) is 57.3 Å². The lowest BCUT2D eigenvalue weighted by molar-refractivity contribution is 0.975. The van der Waals surface area contributed by atoms with Crippen LogP contribution in [0.15, 0.2) is 40.9 Å². The Hall–Kier alpha value is -1.03. The summed E-state index contributed by atoms with van der Waals surface area (Å²) in [6.07, 6.45) is 0. The van der Waals surface area contributed by atoms with Crippen molar-refractivity contribution < 1.29 is 0 Å². The highest BCUT2D eigenvalue weighted by Crippen LogP contribution is 2.31. The van der Waals surface area contributed by atoms with Gasteiger partial charge in [0.25, 0.3) is 0 Å².